The number of benzene rings is 3. The molecule has 3 heterocycles. The molecule has 0 radical (unpaired) electrons. The zero-order chi connectivity index (χ0) is 26.6. The number of amides is 1. The maximum Gasteiger partial charge on any atom is 0.297 e. The number of aryl methyl sites for hydroxylation is 1. The lowest BCUT2D eigenvalue weighted by molar-refractivity contribution is 0.0971. The van der Waals surface area contributed by atoms with Crippen molar-refractivity contribution in [1.29, 1.82) is 0 Å². The van der Waals surface area contributed by atoms with Crippen LogP contribution in [0.2, 0.25) is 0 Å². The van der Waals surface area contributed by atoms with Gasteiger partial charge in [-0.3, -0.25) is 14.5 Å². The summed E-state index contributed by atoms with van der Waals surface area (Å²) in [5, 5.41) is 0.874. The molecule has 0 aliphatic carbocycles. The van der Waals surface area contributed by atoms with Gasteiger partial charge in [-0.15, -0.1) is 0 Å². The van der Waals surface area contributed by atoms with E-state index < -0.39 is 11.9 Å². The molecule has 0 fully saturated rings. The lowest BCUT2D eigenvalue weighted by Crippen LogP contribution is -2.29. The molecule has 0 saturated heterocycles. The number of ether oxygens (including phenoxy) is 3. The minimum absolute atomic E-state index is 0.0143. The average Bonchev–Trinajstić information content (AvgIpc) is 3.47. The van der Waals surface area contributed by atoms with E-state index >= 15 is 0 Å². The molecule has 5 aromatic rings. The molecule has 0 saturated carbocycles. The van der Waals surface area contributed by atoms with E-state index in [1.807, 2.05) is 44.2 Å². The highest BCUT2D eigenvalue weighted by molar-refractivity contribution is 7.22. The molecule has 6 rings (SSSR count). The molecule has 0 N–H and O–H groups in total. The van der Waals surface area contributed by atoms with Crippen molar-refractivity contribution in [2.75, 3.05) is 25.7 Å². The largest absolute Gasteiger partial charge is 0.494 e. The molecule has 3 aromatic carbocycles. The maximum absolute atomic E-state index is 13.9. The number of carbonyl (C=O) groups is 1. The Bertz CT molecular complexity index is 1790. The Balaban J connectivity index is 1.60. The van der Waals surface area contributed by atoms with Crippen LogP contribution in [0.1, 0.15) is 40.2 Å². The van der Waals surface area contributed by atoms with Gasteiger partial charge in [0.2, 0.25) is 5.76 Å². The molecule has 1 atom stereocenters. The smallest absolute Gasteiger partial charge is 0.297 e. The first-order valence-corrected chi connectivity index (χ1v) is 12.9. The topological polar surface area (TPSA) is 91.1 Å². The van der Waals surface area contributed by atoms with Crippen LogP contribution in [0.4, 0.5) is 5.13 Å². The monoisotopic (exact) mass is 528 g/mol. The number of nitrogens with zero attached hydrogens (tertiary/aromatic N) is 2. The van der Waals surface area contributed by atoms with Gasteiger partial charge in [0.25, 0.3) is 5.91 Å². The van der Waals surface area contributed by atoms with Gasteiger partial charge in [0.05, 0.1) is 48.0 Å². The summed E-state index contributed by atoms with van der Waals surface area (Å²) in [5.74, 6) is 1.33. The summed E-state index contributed by atoms with van der Waals surface area (Å²) in [7, 11) is 3.10. The number of methoxy groups -OCH3 is 2. The first-order chi connectivity index (χ1) is 18.4. The molecule has 192 valence electrons. The summed E-state index contributed by atoms with van der Waals surface area (Å²) >= 11 is 1.35. The molecule has 9 heteroatoms. The molecule has 1 aliphatic heterocycles. The van der Waals surface area contributed by atoms with Gasteiger partial charge in [-0.1, -0.05) is 29.0 Å². The van der Waals surface area contributed by atoms with E-state index in [2.05, 4.69) is 0 Å². The highest BCUT2D eigenvalue weighted by atomic mass is 32.1. The van der Waals surface area contributed by atoms with Gasteiger partial charge in [0.1, 0.15) is 11.3 Å². The number of carbonyl (C=O) groups excluding carboxylic acids is 1. The molecule has 1 aliphatic rings. The van der Waals surface area contributed by atoms with Crippen LogP contribution in [0.3, 0.4) is 0 Å². The predicted molar refractivity (Wildman–Crippen MR) is 146 cm³/mol. The van der Waals surface area contributed by atoms with Crippen LogP contribution >= 0.6 is 11.3 Å². The van der Waals surface area contributed by atoms with Crippen molar-refractivity contribution in [2.24, 2.45) is 0 Å². The molecule has 0 spiro atoms. The summed E-state index contributed by atoms with van der Waals surface area (Å²) in [4.78, 5) is 34.2. The molecule has 1 amide bonds. The number of hydrogen-bond donors (Lipinski definition) is 0. The second-order valence-electron chi connectivity index (χ2n) is 8.92. The Morgan fingerprint density at radius 3 is 2.58 bits per heavy atom. The number of fused-ring (bicyclic) bond motifs is 3. The Labute approximate surface area is 222 Å². The molecular formula is C29H24N2O6S. The normalized spacial score (nSPS) is 14.8. The maximum atomic E-state index is 13.9. The number of rotatable bonds is 6. The van der Waals surface area contributed by atoms with E-state index in [-0.39, 0.29) is 16.8 Å². The van der Waals surface area contributed by atoms with E-state index in [0.29, 0.717) is 39.8 Å². The van der Waals surface area contributed by atoms with Crippen LogP contribution in [0, 0.1) is 6.92 Å². The quantitative estimate of drug-likeness (QED) is 0.272. The first-order valence-electron chi connectivity index (χ1n) is 12.1. The highest BCUT2D eigenvalue weighted by Gasteiger charge is 2.45. The Morgan fingerprint density at radius 1 is 1.00 bits per heavy atom. The van der Waals surface area contributed by atoms with E-state index in [1.54, 1.807) is 38.5 Å². The van der Waals surface area contributed by atoms with Crippen molar-refractivity contribution in [2.45, 2.75) is 19.9 Å². The van der Waals surface area contributed by atoms with Crippen molar-refractivity contribution in [3.05, 3.63) is 87.3 Å². The molecular weight excluding hydrogens is 504 g/mol. The zero-order valence-electron chi connectivity index (χ0n) is 21.2. The van der Waals surface area contributed by atoms with Crippen molar-refractivity contribution in [3.8, 4) is 17.2 Å². The number of hydrogen-bond acceptors (Lipinski definition) is 8. The molecule has 8 nitrogen and oxygen atoms in total. The van der Waals surface area contributed by atoms with Gasteiger partial charge in [-0.25, -0.2) is 4.98 Å². The Morgan fingerprint density at radius 2 is 1.82 bits per heavy atom. The SMILES string of the molecule is CCOc1ccc2nc(N3C(=O)c4oc5ccc(C)cc5c(=O)c4[C@@H]3c3ccc(OC)c(OC)c3)sc2c1. The predicted octanol–water partition coefficient (Wildman–Crippen LogP) is 5.88. The standard InChI is InChI=1S/C29H24N2O6S/c1-5-36-17-8-9-19-23(14-17)38-29(30-19)31-25(16-7-11-21(34-3)22(13-16)35-4)24-26(32)18-12-15(2)6-10-20(18)37-27(24)28(31)33/h6-14,25H,5H2,1-4H3/t25-/m0/s1. The summed E-state index contributed by atoms with van der Waals surface area (Å²) in [5.41, 5.74) is 2.71. The van der Waals surface area contributed by atoms with Crippen molar-refractivity contribution in [1.82, 2.24) is 4.98 Å². The van der Waals surface area contributed by atoms with E-state index in [0.717, 1.165) is 21.5 Å². The third kappa shape index (κ3) is 3.69. The zero-order valence-corrected chi connectivity index (χ0v) is 22.0. The minimum atomic E-state index is -0.773. The van der Waals surface area contributed by atoms with Crippen molar-refractivity contribution in [3.63, 3.8) is 0 Å². The molecule has 38 heavy (non-hydrogen) atoms. The van der Waals surface area contributed by atoms with Crippen LogP contribution in [0.25, 0.3) is 21.2 Å². The number of aromatic nitrogens is 1. The van der Waals surface area contributed by atoms with E-state index in [1.165, 1.54) is 16.2 Å². The van der Waals surface area contributed by atoms with Gasteiger partial charge in [0, 0.05) is 0 Å². The van der Waals surface area contributed by atoms with Crippen LogP contribution in [-0.2, 0) is 0 Å². The van der Waals surface area contributed by atoms with Gasteiger partial charge in [-0.05, 0) is 61.9 Å². The van der Waals surface area contributed by atoms with E-state index in [4.69, 9.17) is 23.6 Å². The highest BCUT2D eigenvalue weighted by Crippen LogP contribution is 2.45. The molecule has 2 aromatic heterocycles. The van der Waals surface area contributed by atoms with Crippen molar-refractivity contribution < 1.29 is 23.4 Å². The number of thiazole rings is 1. The third-order valence-corrected chi connectivity index (χ3v) is 7.63. The van der Waals surface area contributed by atoms with Gasteiger partial charge >= 0.3 is 0 Å². The molecule has 0 unspecified atom stereocenters. The number of anilines is 1. The summed E-state index contributed by atoms with van der Waals surface area (Å²) in [6.07, 6.45) is 0. The van der Waals surface area contributed by atoms with Crippen LogP contribution in [0.15, 0.2) is 63.8 Å². The van der Waals surface area contributed by atoms with Crippen LogP contribution < -0.4 is 24.5 Å². The Hall–Kier alpha value is -4.37. The summed E-state index contributed by atoms with van der Waals surface area (Å²) in [6, 6.07) is 15.6. The minimum Gasteiger partial charge on any atom is -0.494 e. The third-order valence-electron chi connectivity index (χ3n) is 6.61. The summed E-state index contributed by atoms with van der Waals surface area (Å²) < 4.78 is 23.5. The van der Waals surface area contributed by atoms with Gasteiger partial charge in [0.15, 0.2) is 22.1 Å². The first kappa shape index (κ1) is 24.0. The second kappa shape index (κ2) is 9.18. The van der Waals surface area contributed by atoms with Gasteiger partial charge < -0.3 is 18.6 Å². The van der Waals surface area contributed by atoms with Gasteiger partial charge in [-0.2, -0.15) is 0 Å². The molecule has 0 bridgehead atoms. The fraction of sp³-hybridized carbons (Fsp3) is 0.207. The van der Waals surface area contributed by atoms with Crippen molar-refractivity contribution >= 4 is 43.6 Å². The average molecular weight is 529 g/mol. The second-order valence-corrected chi connectivity index (χ2v) is 9.93. The Kier molecular flexibility index (Phi) is 5.80. The fourth-order valence-corrected chi connectivity index (χ4v) is 5.90. The lowest BCUT2D eigenvalue weighted by Gasteiger charge is -2.23. The lowest BCUT2D eigenvalue weighted by atomic mass is 9.98. The fourth-order valence-electron chi connectivity index (χ4n) is 4.87. The van der Waals surface area contributed by atoms with Crippen LogP contribution in [-0.4, -0.2) is 31.7 Å². The van der Waals surface area contributed by atoms with Crippen LogP contribution in [0.5, 0.6) is 17.2 Å². The summed E-state index contributed by atoms with van der Waals surface area (Å²) in [6.45, 7) is 4.37. The van der Waals surface area contributed by atoms with E-state index in [9.17, 15) is 9.59 Å².